The summed E-state index contributed by atoms with van der Waals surface area (Å²) in [6.07, 6.45) is 0.850. The molecule has 1 aliphatic rings. The smallest absolute Gasteiger partial charge is 0.326 e. The second kappa shape index (κ2) is 4.80. The highest BCUT2D eigenvalue weighted by molar-refractivity contribution is 5.79. The van der Waals surface area contributed by atoms with Gasteiger partial charge in [0.05, 0.1) is 7.11 Å². The zero-order chi connectivity index (χ0) is 13.3. The fourth-order valence-electron chi connectivity index (χ4n) is 2.36. The van der Waals surface area contributed by atoms with Gasteiger partial charge in [-0.3, -0.25) is 0 Å². The molecule has 2 atom stereocenters. The number of aliphatic carboxylic acids is 1. The van der Waals surface area contributed by atoms with Gasteiger partial charge in [-0.25, -0.2) is 9.78 Å². The first-order valence-electron chi connectivity index (χ1n) is 5.92. The molecule has 0 radical (unpaired) electrons. The third-order valence-corrected chi connectivity index (χ3v) is 3.26. The Hall–Kier alpha value is -1.85. The van der Waals surface area contributed by atoms with Gasteiger partial charge < -0.3 is 14.7 Å². The Morgan fingerprint density at radius 2 is 2.28 bits per heavy atom. The Bertz CT molecular complexity index is 464. The van der Waals surface area contributed by atoms with Crippen LogP contribution in [0, 0.1) is 12.8 Å². The van der Waals surface area contributed by atoms with Crippen LogP contribution in [0.3, 0.4) is 0 Å². The summed E-state index contributed by atoms with van der Waals surface area (Å²) in [7, 11) is 1.53. The summed E-state index contributed by atoms with van der Waals surface area (Å²) >= 11 is 0. The lowest BCUT2D eigenvalue weighted by molar-refractivity contribution is -0.139. The molecule has 1 aromatic rings. The zero-order valence-corrected chi connectivity index (χ0v) is 10.8. The van der Waals surface area contributed by atoms with E-state index in [1.807, 2.05) is 11.8 Å². The summed E-state index contributed by atoms with van der Waals surface area (Å²) in [4.78, 5) is 21.5. The number of hydrogen-bond donors (Lipinski definition) is 1. The number of carboxylic acid groups (broad SMARTS) is 1. The second-order valence-corrected chi connectivity index (χ2v) is 4.56. The molecule has 0 aliphatic carbocycles. The average Bonchev–Trinajstić information content (AvgIpc) is 2.70. The maximum absolute atomic E-state index is 11.3. The van der Waals surface area contributed by atoms with Crippen molar-refractivity contribution in [3.05, 3.63) is 11.9 Å². The minimum Gasteiger partial charge on any atom is -0.481 e. The van der Waals surface area contributed by atoms with Crippen molar-refractivity contribution in [2.75, 3.05) is 18.6 Å². The topological polar surface area (TPSA) is 75.5 Å². The number of nitrogens with zero attached hydrogens (tertiary/aromatic N) is 3. The third kappa shape index (κ3) is 2.23. The van der Waals surface area contributed by atoms with Crippen molar-refractivity contribution in [3.63, 3.8) is 0 Å². The van der Waals surface area contributed by atoms with Gasteiger partial charge in [-0.1, -0.05) is 6.92 Å². The van der Waals surface area contributed by atoms with Gasteiger partial charge in [0, 0.05) is 12.6 Å². The lowest BCUT2D eigenvalue weighted by atomic mass is 10.0. The van der Waals surface area contributed by atoms with E-state index >= 15 is 0 Å². The molecule has 2 unspecified atom stereocenters. The molecule has 6 heteroatoms. The number of hydrogen-bond acceptors (Lipinski definition) is 5. The molecule has 1 N–H and O–H groups in total. The van der Waals surface area contributed by atoms with Gasteiger partial charge in [-0.2, -0.15) is 4.98 Å². The van der Waals surface area contributed by atoms with Gasteiger partial charge >= 0.3 is 5.97 Å². The number of aryl methyl sites for hydroxylation is 1. The molecule has 1 fully saturated rings. The van der Waals surface area contributed by atoms with Gasteiger partial charge in [0.15, 0.2) is 0 Å². The van der Waals surface area contributed by atoms with Crippen LogP contribution in [0.15, 0.2) is 6.07 Å². The molecule has 2 rings (SSSR count). The predicted molar refractivity (Wildman–Crippen MR) is 65.9 cm³/mol. The molecule has 0 saturated carbocycles. The largest absolute Gasteiger partial charge is 0.481 e. The summed E-state index contributed by atoms with van der Waals surface area (Å²) in [5.41, 5.74) is 0. The molecule has 1 aliphatic heterocycles. The maximum Gasteiger partial charge on any atom is 0.326 e. The van der Waals surface area contributed by atoms with E-state index in [0.29, 0.717) is 24.1 Å². The van der Waals surface area contributed by atoms with E-state index < -0.39 is 12.0 Å². The van der Waals surface area contributed by atoms with E-state index in [-0.39, 0.29) is 5.92 Å². The summed E-state index contributed by atoms with van der Waals surface area (Å²) in [6, 6.07) is 1.16. The van der Waals surface area contributed by atoms with E-state index in [0.717, 1.165) is 6.42 Å². The van der Waals surface area contributed by atoms with Crippen molar-refractivity contribution in [1.29, 1.82) is 0 Å². The van der Waals surface area contributed by atoms with Crippen molar-refractivity contribution in [2.24, 2.45) is 5.92 Å². The highest BCUT2D eigenvalue weighted by atomic mass is 16.5. The molecular weight excluding hydrogens is 234 g/mol. The first-order valence-corrected chi connectivity index (χ1v) is 5.92. The fourth-order valence-corrected chi connectivity index (χ4v) is 2.36. The number of ether oxygens (including phenoxy) is 1. The number of carboxylic acids is 1. The van der Waals surface area contributed by atoms with Crippen molar-refractivity contribution >= 4 is 11.8 Å². The quantitative estimate of drug-likeness (QED) is 0.866. The van der Waals surface area contributed by atoms with Crippen LogP contribution in [-0.2, 0) is 4.79 Å². The molecule has 2 heterocycles. The number of carbonyl (C=O) groups is 1. The molecule has 18 heavy (non-hydrogen) atoms. The first-order chi connectivity index (χ1) is 8.52. The van der Waals surface area contributed by atoms with Crippen LogP contribution < -0.4 is 9.64 Å². The number of anilines is 1. The SMILES string of the molecule is COc1cc(N2CCC(C)C2C(=O)O)nc(C)n1. The standard InChI is InChI=1S/C12H17N3O3/c1-7-4-5-15(11(7)12(16)17)9-6-10(18-3)14-8(2)13-9/h6-7,11H,4-5H2,1-3H3,(H,16,17). The lowest BCUT2D eigenvalue weighted by Gasteiger charge is -2.24. The van der Waals surface area contributed by atoms with E-state index in [4.69, 9.17) is 4.74 Å². The average molecular weight is 251 g/mol. The van der Waals surface area contributed by atoms with Crippen LogP contribution >= 0.6 is 0 Å². The normalized spacial score (nSPS) is 23.2. The Labute approximate surface area is 106 Å². The van der Waals surface area contributed by atoms with Gasteiger partial charge in [0.25, 0.3) is 0 Å². The predicted octanol–water partition coefficient (Wildman–Crippen LogP) is 1.09. The number of methoxy groups -OCH3 is 1. The molecular formula is C12H17N3O3. The molecule has 98 valence electrons. The summed E-state index contributed by atoms with van der Waals surface area (Å²) in [6.45, 7) is 4.41. The fraction of sp³-hybridized carbons (Fsp3) is 0.583. The molecule has 1 saturated heterocycles. The van der Waals surface area contributed by atoms with Gasteiger partial charge in [-0.15, -0.1) is 0 Å². The van der Waals surface area contributed by atoms with E-state index in [1.54, 1.807) is 13.0 Å². The Balaban J connectivity index is 2.36. The van der Waals surface area contributed by atoms with Gasteiger partial charge in [0.1, 0.15) is 17.7 Å². The van der Waals surface area contributed by atoms with Crippen molar-refractivity contribution in [1.82, 2.24) is 9.97 Å². The highest BCUT2D eigenvalue weighted by Crippen LogP contribution is 2.30. The Morgan fingerprint density at radius 3 is 2.89 bits per heavy atom. The monoisotopic (exact) mass is 251 g/mol. The van der Waals surface area contributed by atoms with Crippen LogP contribution in [0.4, 0.5) is 5.82 Å². The van der Waals surface area contributed by atoms with Crippen molar-refractivity contribution in [3.8, 4) is 5.88 Å². The first kappa shape index (κ1) is 12.6. The summed E-state index contributed by atoms with van der Waals surface area (Å²) in [5.74, 6) is 0.962. The number of aromatic nitrogens is 2. The minimum absolute atomic E-state index is 0.115. The van der Waals surface area contributed by atoms with Crippen LogP contribution in [0.25, 0.3) is 0 Å². The van der Waals surface area contributed by atoms with Gasteiger partial charge in [0.2, 0.25) is 5.88 Å². The van der Waals surface area contributed by atoms with Crippen LogP contribution in [0.2, 0.25) is 0 Å². The van der Waals surface area contributed by atoms with E-state index in [1.165, 1.54) is 7.11 Å². The molecule has 0 spiro atoms. The summed E-state index contributed by atoms with van der Waals surface area (Å²) < 4.78 is 5.09. The van der Waals surface area contributed by atoms with E-state index in [2.05, 4.69) is 9.97 Å². The Kier molecular flexibility index (Phi) is 3.36. The van der Waals surface area contributed by atoms with Crippen LogP contribution in [0.5, 0.6) is 5.88 Å². The van der Waals surface area contributed by atoms with Gasteiger partial charge in [-0.05, 0) is 19.3 Å². The Morgan fingerprint density at radius 1 is 1.56 bits per heavy atom. The minimum atomic E-state index is -0.810. The molecule has 0 aromatic carbocycles. The summed E-state index contributed by atoms with van der Waals surface area (Å²) in [5, 5.41) is 9.29. The number of rotatable bonds is 3. The molecule has 1 aromatic heterocycles. The van der Waals surface area contributed by atoms with Crippen molar-refractivity contribution in [2.45, 2.75) is 26.3 Å². The molecule has 6 nitrogen and oxygen atoms in total. The zero-order valence-electron chi connectivity index (χ0n) is 10.8. The third-order valence-electron chi connectivity index (χ3n) is 3.26. The highest BCUT2D eigenvalue weighted by Gasteiger charge is 2.37. The maximum atomic E-state index is 11.3. The van der Waals surface area contributed by atoms with Crippen LogP contribution in [-0.4, -0.2) is 40.7 Å². The molecule has 0 bridgehead atoms. The lowest BCUT2D eigenvalue weighted by Crippen LogP contribution is -2.39. The molecule has 0 amide bonds. The van der Waals surface area contributed by atoms with Crippen molar-refractivity contribution < 1.29 is 14.6 Å². The second-order valence-electron chi connectivity index (χ2n) is 4.56. The van der Waals surface area contributed by atoms with E-state index in [9.17, 15) is 9.90 Å². The van der Waals surface area contributed by atoms with Crippen LogP contribution in [0.1, 0.15) is 19.2 Å².